The van der Waals surface area contributed by atoms with Gasteiger partial charge in [0, 0.05) is 17.4 Å². The summed E-state index contributed by atoms with van der Waals surface area (Å²) in [5, 5.41) is 10.5. The molecule has 0 spiro atoms. The Bertz CT molecular complexity index is 652. The van der Waals surface area contributed by atoms with Crippen molar-refractivity contribution in [2.45, 2.75) is 45.4 Å². The highest BCUT2D eigenvalue weighted by atomic mass is 16.5. The first-order chi connectivity index (χ1) is 10.6. The molecule has 2 heteroatoms. The number of phenols is 1. The van der Waals surface area contributed by atoms with Gasteiger partial charge in [0.25, 0.3) is 0 Å². The Morgan fingerprint density at radius 3 is 3.00 bits per heavy atom. The van der Waals surface area contributed by atoms with Crippen molar-refractivity contribution >= 4 is 6.08 Å². The summed E-state index contributed by atoms with van der Waals surface area (Å²) in [6.45, 7) is 8.42. The number of aromatic hydroxyl groups is 1. The van der Waals surface area contributed by atoms with E-state index in [4.69, 9.17) is 4.74 Å². The molecule has 1 aromatic rings. The van der Waals surface area contributed by atoms with Crippen molar-refractivity contribution in [1.29, 1.82) is 0 Å². The van der Waals surface area contributed by atoms with Crippen molar-refractivity contribution in [3.05, 3.63) is 53.3 Å². The van der Waals surface area contributed by atoms with Crippen LogP contribution in [0.15, 0.2) is 42.2 Å². The van der Waals surface area contributed by atoms with Crippen molar-refractivity contribution < 1.29 is 9.84 Å². The van der Waals surface area contributed by atoms with E-state index in [-0.39, 0.29) is 11.8 Å². The van der Waals surface area contributed by atoms with Crippen LogP contribution in [0.4, 0.5) is 0 Å². The lowest BCUT2D eigenvalue weighted by atomic mass is 9.74. The maximum Gasteiger partial charge on any atom is 0.135 e. The summed E-state index contributed by atoms with van der Waals surface area (Å²) < 4.78 is 5.95. The van der Waals surface area contributed by atoms with E-state index in [1.165, 1.54) is 5.57 Å². The third-order valence-electron chi connectivity index (χ3n) is 4.64. The van der Waals surface area contributed by atoms with Gasteiger partial charge in [-0.15, -0.1) is 0 Å². The predicted molar refractivity (Wildman–Crippen MR) is 91.0 cm³/mol. The Morgan fingerprint density at radius 1 is 1.41 bits per heavy atom. The van der Waals surface area contributed by atoms with Crippen molar-refractivity contribution in [2.24, 2.45) is 5.92 Å². The Balaban J connectivity index is 2.02. The molecule has 1 aliphatic heterocycles. The van der Waals surface area contributed by atoms with Gasteiger partial charge in [-0.1, -0.05) is 43.7 Å². The fourth-order valence-corrected chi connectivity index (χ4v) is 3.47. The second-order valence-corrected chi connectivity index (χ2v) is 6.40. The molecule has 0 saturated heterocycles. The molecule has 0 bridgehead atoms. The summed E-state index contributed by atoms with van der Waals surface area (Å²) >= 11 is 0. The highest BCUT2D eigenvalue weighted by Gasteiger charge is 2.36. The number of ether oxygens (including phenoxy) is 1. The lowest BCUT2D eigenvalue weighted by Crippen LogP contribution is -2.25. The van der Waals surface area contributed by atoms with Crippen LogP contribution >= 0.6 is 0 Å². The zero-order valence-corrected chi connectivity index (χ0v) is 13.4. The molecular weight excluding hydrogens is 272 g/mol. The minimum absolute atomic E-state index is 0.193. The number of unbranched alkanes of at least 4 members (excludes halogenated alkanes) is 1. The highest BCUT2D eigenvalue weighted by Crippen LogP contribution is 2.51. The minimum atomic E-state index is 0.193. The lowest BCUT2D eigenvalue weighted by molar-refractivity contribution is 0.275. The van der Waals surface area contributed by atoms with Crippen LogP contribution in [0.5, 0.6) is 11.5 Å². The van der Waals surface area contributed by atoms with E-state index in [0.29, 0.717) is 5.75 Å². The van der Waals surface area contributed by atoms with Crippen molar-refractivity contribution in [2.75, 3.05) is 0 Å². The zero-order valence-electron chi connectivity index (χ0n) is 13.4. The molecule has 2 aliphatic rings. The fraction of sp³-hybridized carbons (Fsp3) is 0.400. The molecule has 2 nitrogen and oxygen atoms in total. The van der Waals surface area contributed by atoms with E-state index in [1.807, 2.05) is 18.2 Å². The van der Waals surface area contributed by atoms with E-state index in [9.17, 15) is 5.11 Å². The average Bonchev–Trinajstić information content (AvgIpc) is 2.46. The number of rotatable bonds is 3. The molecule has 22 heavy (non-hydrogen) atoms. The summed E-state index contributed by atoms with van der Waals surface area (Å²) in [6, 6.07) is 3.86. The van der Waals surface area contributed by atoms with Gasteiger partial charge in [0.15, 0.2) is 0 Å². The fourth-order valence-electron chi connectivity index (χ4n) is 3.47. The maximum atomic E-state index is 10.5. The van der Waals surface area contributed by atoms with Crippen LogP contribution in [0.1, 0.15) is 56.6 Å². The minimum Gasteiger partial charge on any atom is -0.507 e. The lowest BCUT2D eigenvalue weighted by Gasteiger charge is -2.36. The number of fused-ring (bicyclic) bond motifs is 3. The van der Waals surface area contributed by atoms with Crippen LogP contribution in [0.3, 0.4) is 0 Å². The van der Waals surface area contributed by atoms with Gasteiger partial charge in [0.05, 0.1) is 0 Å². The molecule has 0 saturated carbocycles. The molecule has 0 aromatic heterocycles. The smallest absolute Gasteiger partial charge is 0.135 e. The molecule has 0 amide bonds. The third kappa shape index (κ3) is 2.70. The van der Waals surface area contributed by atoms with Crippen LogP contribution in [0.2, 0.25) is 0 Å². The topological polar surface area (TPSA) is 29.5 Å². The maximum absolute atomic E-state index is 10.5. The van der Waals surface area contributed by atoms with E-state index in [1.54, 1.807) is 0 Å². The highest BCUT2D eigenvalue weighted by molar-refractivity contribution is 5.61. The first-order valence-corrected chi connectivity index (χ1v) is 8.17. The van der Waals surface area contributed by atoms with Gasteiger partial charge in [0.1, 0.15) is 17.3 Å². The Morgan fingerprint density at radius 2 is 2.23 bits per heavy atom. The van der Waals surface area contributed by atoms with Crippen LogP contribution in [-0.2, 0) is 0 Å². The molecule has 2 atom stereocenters. The van der Waals surface area contributed by atoms with Gasteiger partial charge < -0.3 is 9.84 Å². The van der Waals surface area contributed by atoms with Crippen LogP contribution in [-0.4, -0.2) is 5.11 Å². The molecule has 116 valence electrons. The van der Waals surface area contributed by atoms with Crippen molar-refractivity contribution in [3.63, 3.8) is 0 Å². The number of hydrogen-bond donors (Lipinski definition) is 1. The Kier molecular flexibility index (Phi) is 4.10. The number of hydrogen-bond acceptors (Lipinski definition) is 2. The SMILES string of the molecule is C=C1Oc2cc(/C=C/CCC)cc(O)c2C2C=C(C)CC[C@@H]12. The number of phenolic OH excluding ortho intramolecular Hbond substituents is 1. The van der Waals surface area contributed by atoms with Crippen LogP contribution < -0.4 is 4.74 Å². The van der Waals surface area contributed by atoms with Gasteiger partial charge in [-0.25, -0.2) is 0 Å². The van der Waals surface area contributed by atoms with E-state index in [2.05, 4.69) is 32.6 Å². The average molecular weight is 296 g/mol. The van der Waals surface area contributed by atoms with Gasteiger partial charge in [-0.3, -0.25) is 0 Å². The molecule has 3 rings (SSSR count). The van der Waals surface area contributed by atoms with Gasteiger partial charge in [-0.2, -0.15) is 0 Å². The molecule has 0 fully saturated rings. The summed E-state index contributed by atoms with van der Waals surface area (Å²) in [6.07, 6.45) is 10.7. The Hall–Kier alpha value is -1.96. The molecule has 0 radical (unpaired) electrons. The predicted octanol–water partition coefficient (Wildman–Crippen LogP) is 5.55. The van der Waals surface area contributed by atoms with Crippen LogP contribution in [0, 0.1) is 5.92 Å². The molecule has 1 N–H and O–H groups in total. The molecule has 1 heterocycles. The van der Waals surface area contributed by atoms with E-state index < -0.39 is 0 Å². The largest absolute Gasteiger partial charge is 0.507 e. The standard InChI is InChI=1S/C20H24O2/c1-4-5-6-7-15-11-18(21)20-17-10-13(2)8-9-16(17)14(3)22-19(20)12-15/h6-7,10-12,16-17,21H,3-5,8-9H2,1-2H3/b7-6+/t16-,17?/m0/s1. The number of allylic oxidation sites excluding steroid dienone is 4. The normalized spacial score (nSPS) is 23.7. The second-order valence-electron chi connectivity index (χ2n) is 6.40. The first-order valence-electron chi connectivity index (χ1n) is 8.17. The quantitative estimate of drug-likeness (QED) is 0.741. The summed E-state index contributed by atoms with van der Waals surface area (Å²) in [7, 11) is 0. The zero-order chi connectivity index (χ0) is 15.7. The van der Waals surface area contributed by atoms with E-state index in [0.717, 1.165) is 48.3 Å². The van der Waals surface area contributed by atoms with Gasteiger partial charge in [0.2, 0.25) is 0 Å². The van der Waals surface area contributed by atoms with Gasteiger partial charge >= 0.3 is 0 Å². The third-order valence-corrected chi connectivity index (χ3v) is 4.64. The van der Waals surface area contributed by atoms with Crippen molar-refractivity contribution in [1.82, 2.24) is 0 Å². The second kappa shape index (κ2) is 6.04. The van der Waals surface area contributed by atoms with Crippen molar-refractivity contribution in [3.8, 4) is 11.5 Å². The molecule has 1 aromatic carbocycles. The van der Waals surface area contributed by atoms with Crippen LogP contribution in [0.25, 0.3) is 6.08 Å². The Labute approximate surface area is 132 Å². The first kappa shape index (κ1) is 15.0. The monoisotopic (exact) mass is 296 g/mol. The summed E-state index contributed by atoms with van der Waals surface area (Å²) in [5.41, 5.74) is 3.28. The van der Waals surface area contributed by atoms with E-state index >= 15 is 0 Å². The summed E-state index contributed by atoms with van der Waals surface area (Å²) in [5.74, 6) is 2.40. The molecule has 1 unspecified atom stereocenters. The van der Waals surface area contributed by atoms with Gasteiger partial charge in [-0.05, 0) is 43.9 Å². The molecule has 1 aliphatic carbocycles. The number of benzene rings is 1. The summed E-state index contributed by atoms with van der Waals surface area (Å²) in [4.78, 5) is 0. The molecular formula is C20H24O2.